The van der Waals surface area contributed by atoms with E-state index in [2.05, 4.69) is 5.32 Å². The number of nitrogens with zero attached hydrogens (tertiary/aromatic N) is 4. The number of aromatic nitrogens is 1. The molecule has 2 rings (SSSR count). The number of nitrogens with one attached hydrogen (secondary N) is 1. The van der Waals surface area contributed by atoms with Crippen LogP contribution >= 0.6 is 0 Å². The Morgan fingerprint density at radius 3 is 2.29 bits per heavy atom. The molecule has 0 saturated heterocycles. The third kappa shape index (κ3) is 2.92. The Labute approximate surface area is 122 Å². The third-order valence-corrected chi connectivity index (χ3v) is 2.95. The van der Waals surface area contributed by atoms with Gasteiger partial charge in [0.1, 0.15) is 23.9 Å². The zero-order valence-corrected chi connectivity index (χ0v) is 11.3. The lowest BCUT2D eigenvalue weighted by atomic mass is 10.1. The molecule has 0 aliphatic carbocycles. The van der Waals surface area contributed by atoms with Gasteiger partial charge in [-0.3, -0.25) is 0 Å². The lowest BCUT2D eigenvalue weighted by molar-refractivity contribution is 1.06. The summed E-state index contributed by atoms with van der Waals surface area (Å²) in [7, 11) is 0. The molecule has 1 N–H and O–H groups in total. The second kappa shape index (κ2) is 6.10. The zero-order valence-electron chi connectivity index (χ0n) is 11.3. The van der Waals surface area contributed by atoms with Gasteiger partial charge < -0.3 is 9.88 Å². The van der Waals surface area contributed by atoms with Gasteiger partial charge in [-0.15, -0.1) is 0 Å². The summed E-state index contributed by atoms with van der Waals surface area (Å²) >= 11 is 0. The molecule has 0 unspecified atom stereocenters. The van der Waals surface area contributed by atoms with Crippen molar-refractivity contribution in [3.05, 3.63) is 59.6 Å². The zero-order chi connectivity index (χ0) is 15.2. The molecule has 0 aliphatic rings. The number of aryl methyl sites for hydroxylation is 1. The van der Waals surface area contributed by atoms with Crippen LogP contribution in [0.1, 0.15) is 5.56 Å². The highest BCUT2D eigenvalue weighted by Crippen LogP contribution is 2.21. The van der Waals surface area contributed by atoms with E-state index in [0.29, 0.717) is 5.69 Å². The van der Waals surface area contributed by atoms with Crippen LogP contribution in [0.15, 0.2) is 54.0 Å². The topological polar surface area (TPSA) is 88.3 Å². The number of benzene rings is 1. The molecular weight excluding hydrogens is 262 g/mol. The first-order valence-corrected chi connectivity index (χ1v) is 6.15. The maximum Gasteiger partial charge on any atom is 0.163 e. The molecule has 1 aromatic carbocycles. The fraction of sp³-hybridized carbons (Fsp3) is 0.0625. The van der Waals surface area contributed by atoms with Gasteiger partial charge in [0.05, 0.1) is 0 Å². The van der Waals surface area contributed by atoms with Crippen LogP contribution in [0.3, 0.4) is 0 Å². The maximum absolute atomic E-state index is 9.05. The Balaban J connectivity index is 2.42. The van der Waals surface area contributed by atoms with E-state index in [0.717, 1.165) is 11.3 Å². The lowest BCUT2D eigenvalue weighted by Gasteiger charge is -2.11. The van der Waals surface area contributed by atoms with Crippen molar-refractivity contribution < 1.29 is 0 Å². The quantitative estimate of drug-likeness (QED) is 0.870. The van der Waals surface area contributed by atoms with Gasteiger partial charge in [-0.1, -0.05) is 6.07 Å². The molecule has 0 radical (unpaired) electrons. The highest BCUT2D eigenvalue weighted by Gasteiger charge is 2.08. The van der Waals surface area contributed by atoms with Crippen molar-refractivity contribution in [3.63, 3.8) is 0 Å². The summed E-state index contributed by atoms with van der Waals surface area (Å²) in [5.41, 5.74) is 2.38. The number of hydrogen-bond acceptors (Lipinski definition) is 4. The van der Waals surface area contributed by atoms with E-state index < -0.39 is 0 Å². The highest BCUT2D eigenvalue weighted by molar-refractivity contribution is 5.62. The molecule has 0 fully saturated rings. The van der Waals surface area contributed by atoms with E-state index in [1.807, 2.05) is 54.2 Å². The molecule has 0 saturated carbocycles. The van der Waals surface area contributed by atoms with Crippen molar-refractivity contribution in [1.82, 2.24) is 4.57 Å². The van der Waals surface area contributed by atoms with Crippen LogP contribution in [-0.2, 0) is 0 Å². The van der Waals surface area contributed by atoms with Crippen molar-refractivity contribution >= 4 is 5.69 Å². The van der Waals surface area contributed by atoms with Crippen LogP contribution in [0.25, 0.3) is 5.69 Å². The van der Waals surface area contributed by atoms with Crippen molar-refractivity contribution in [2.24, 2.45) is 0 Å². The molecule has 1 heterocycles. The van der Waals surface area contributed by atoms with E-state index in [4.69, 9.17) is 15.8 Å². The van der Waals surface area contributed by atoms with Crippen molar-refractivity contribution in [1.29, 1.82) is 15.8 Å². The molecule has 0 amide bonds. The van der Waals surface area contributed by atoms with Gasteiger partial charge >= 0.3 is 0 Å². The minimum atomic E-state index is -0.236. The number of hydrogen-bond donors (Lipinski definition) is 1. The van der Waals surface area contributed by atoms with Crippen LogP contribution in [0.2, 0.25) is 0 Å². The standard InChI is InChI=1S/C16H11N5/c1-12-4-5-14(8-16(12)21-6-2-3-7-21)20-15(11-19)13(9-17)10-18/h2-8,20H,1H3. The molecule has 0 atom stereocenters. The molecule has 100 valence electrons. The molecular formula is C16H11N5. The first-order chi connectivity index (χ1) is 10.2. The second-order valence-electron chi connectivity index (χ2n) is 4.30. The van der Waals surface area contributed by atoms with Gasteiger partial charge in [-0.2, -0.15) is 15.8 Å². The van der Waals surface area contributed by atoms with Gasteiger partial charge in [0.15, 0.2) is 5.57 Å². The summed E-state index contributed by atoms with van der Waals surface area (Å²) in [5.74, 6) is 0. The van der Waals surface area contributed by atoms with Gasteiger partial charge in [-0.05, 0) is 36.8 Å². The summed E-state index contributed by atoms with van der Waals surface area (Å²) in [6.07, 6.45) is 3.84. The predicted octanol–water partition coefficient (Wildman–Crippen LogP) is 3.02. The van der Waals surface area contributed by atoms with Crippen molar-refractivity contribution in [3.8, 4) is 23.9 Å². The summed E-state index contributed by atoms with van der Waals surface area (Å²) in [4.78, 5) is 0. The van der Waals surface area contributed by atoms with E-state index >= 15 is 0 Å². The smallest absolute Gasteiger partial charge is 0.163 e. The Kier molecular flexibility index (Phi) is 4.05. The highest BCUT2D eigenvalue weighted by atomic mass is 15.0. The molecule has 1 aromatic heterocycles. The SMILES string of the molecule is Cc1ccc(NC(C#N)=C(C#N)C#N)cc1-n1cccc1. The van der Waals surface area contributed by atoms with Gasteiger partial charge in [0.25, 0.3) is 0 Å². The van der Waals surface area contributed by atoms with Crippen LogP contribution in [-0.4, -0.2) is 4.57 Å². The monoisotopic (exact) mass is 273 g/mol. The Morgan fingerprint density at radius 1 is 1.05 bits per heavy atom. The second-order valence-corrected chi connectivity index (χ2v) is 4.30. The third-order valence-electron chi connectivity index (χ3n) is 2.95. The number of nitriles is 3. The molecule has 21 heavy (non-hydrogen) atoms. The number of rotatable bonds is 3. The Morgan fingerprint density at radius 2 is 1.71 bits per heavy atom. The average Bonchev–Trinajstić information content (AvgIpc) is 3.03. The first kappa shape index (κ1) is 13.9. The summed E-state index contributed by atoms with van der Waals surface area (Å²) in [6.45, 7) is 1.98. The molecule has 5 nitrogen and oxygen atoms in total. The molecule has 5 heteroatoms. The van der Waals surface area contributed by atoms with Crippen LogP contribution < -0.4 is 5.32 Å². The van der Waals surface area contributed by atoms with Crippen LogP contribution in [0.5, 0.6) is 0 Å². The fourth-order valence-corrected chi connectivity index (χ4v) is 1.89. The normalized spacial score (nSPS) is 9.05. The minimum Gasteiger partial charge on any atom is -0.345 e. The summed E-state index contributed by atoms with van der Waals surface area (Å²) in [5, 5.41) is 29.5. The predicted molar refractivity (Wildman–Crippen MR) is 78.0 cm³/mol. The molecule has 0 bridgehead atoms. The van der Waals surface area contributed by atoms with E-state index in [1.165, 1.54) is 0 Å². The van der Waals surface area contributed by atoms with Crippen LogP contribution in [0, 0.1) is 40.9 Å². The van der Waals surface area contributed by atoms with Crippen molar-refractivity contribution in [2.45, 2.75) is 6.92 Å². The lowest BCUT2D eigenvalue weighted by Crippen LogP contribution is -2.02. The van der Waals surface area contributed by atoms with E-state index in [9.17, 15) is 0 Å². The van der Waals surface area contributed by atoms with Gasteiger partial charge in [0.2, 0.25) is 0 Å². The van der Waals surface area contributed by atoms with Gasteiger partial charge in [-0.25, -0.2) is 0 Å². The van der Waals surface area contributed by atoms with Crippen LogP contribution in [0.4, 0.5) is 5.69 Å². The van der Waals surface area contributed by atoms with Gasteiger partial charge in [0, 0.05) is 23.8 Å². The number of anilines is 1. The molecule has 0 spiro atoms. The maximum atomic E-state index is 9.05. The largest absolute Gasteiger partial charge is 0.345 e. The Hall–Kier alpha value is -3.49. The first-order valence-electron chi connectivity index (χ1n) is 6.15. The Bertz CT molecular complexity index is 792. The number of allylic oxidation sites excluding steroid dienone is 2. The van der Waals surface area contributed by atoms with E-state index in [-0.39, 0.29) is 11.3 Å². The molecule has 2 aromatic rings. The fourth-order valence-electron chi connectivity index (χ4n) is 1.89. The van der Waals surface area contributed by atoms with E-state index in [1.54, 1.807) is 18.2 Å². The summed E-state index contributed by atoms with van der Waals surface area (Å²) in [6, 6.07) is 14.7. The molecule has 0 aliphatic heterocycles. The average molecular weight is 273 g/mol. The van der Waals surface area contributed by atoms with Crippen molar-refractivity contribution in [2.75, 3.05) is 5.32 Å². The minimum absolute atomic E-state index is 0.0534. The summed E-state index contributed by atoms with van der Waals surface area (Å²) < 4.78 is 1.95.